The Morgan fingerprint density at radius 2 is 2.00 bits per heavy atom. The quantitative estimate of drug-likeness (QED) is 0.735. The average Bonchev–Trinajstić information content (AvgIpc) is 2.41. The molecule has 0 bridgehead atoms. The molecule has 1 aliphatic rings. The van der Waals surface area contributed by atoms with Crippen LogP contribution in [-0.2, 0) is 4.79 Å². The molecule has 1 aromatic rings. The van der Waals surface area contributed by atoms with Gasteiger partial charge in [-0.25, -0.2) is 4.79 Å². The fraction of sp³-hybridized carbons (Fsp3) is 0.250. The predicted octanol–water partition coefficient (Wildman–Crippen LogP) is 2.66. The van der Waals surface area contributed by atoms with Gasteiger partial charge in [0.1, 0.15) is 0 Å². The van der Waals surface area contributed by atoms with Crippen molar-refractivity contribution in [1.29, 1.82) is 0 Å². The predicted molar refractivity (Wildman–Crippen MR) is 55.1 cm³/mol. The van der Waals surface area contributed by atoms with Crippen LogP contribution >= 0.6 is 0 Å². The molecular formula is C12H12O2. The molecule has 2 rings (SSSR count). The molecule has 1 unspecified atom stereocenters. The molecule has 14 heavy (non-hydrogen) atoms. The van der Waals surface area contributed by atoms with E-state index in [1.807, 2.05) is 38.1 Å². The smallest absolute Gasteiger partial charge is 0.332 e. The molecule has 0 spiro atoms. The van der Waals surface area contributed by atoms with Gasteiger partial charge in [0, 0.05) is 11.5 Å². The van der Waals surface area contributed by atoms with Gasteiger partial charge in [0.15, 0.2) is 0 Å². The Bertz CT molecular complexity index is 430. The molecule has 1 atom stereocenters. The molecule has 1 N–H and O–H groups in total. The average molecular weight is 188 g/mol. The summed E-state index contributed by atoms with van der Waals surface area (Å²) in [5.41, 5.74) is 3.65. The van der Waals surface area contributed by atoms with E-state index in [1.54, 1.807) is 0 Å². The minimum atomic E-state index is -0.800. The van der Waals surface area contributed by atoms with Gasteiger partial charge in [-0.2, -0.15) is 0 Å². The summed E-state index contributed by atoms with van der Waals surface area (Å²) in [6.07, 6.45) is 0. The first-order valence-electron chi connectivity index (χ1n) is 4.66. The summed E-state index contributed by atoms with van der Waals surface area (Å²) in [5, 5.41) is 9.07. The van der Waals surface area contributed by atoms with Crippen molar-refractivity contribution in [3.63, 3.8) is 0 Å². The lowest BCUT2D eigenvalue weighted by atomic mass is 9.98. The number of carbonyl (C=O) groups is 1. The highest BCUT2D eigenvalue weighted by molar-refractivity contribution is 6.00. The van der Waals surface area contributed by atoms with Crippen molar-refractivity contribution in [3.05, 3.63) is 41.0 Å². The molecule has 0 aliphatic heterocycles. The zero-order valence-electron chi connectivity index (χ0n) is 8.24. The van der Waals surface area contributed by atoms with E-state index < -0.39 is 5.97 Å². The maximum absolute atomic E-state index is 11.0. The molecule has 0 saturated heterocycles. The number of hydrogen-bond acceptors (Lipinski definition) is 1. The van der Waals surface area contributed by atoms with Crippen LogP contribution in [0.25, 0.3) is 5.57 Å². The van der Waals surface area contributed by atoms with Crippen LogP contribution in [-0.4, -0.2) is 11.1 Å². The Kier molecular flexibility index (Phi) is 1.92. The van der Waals surface area contributed by atoms with Crippen LogP contribution in [0.1, 0.15) is 30.9 Å². The second kappa shape index (κ2) is 2.98. The van der Waals surface area contributed by atoms with E-state index in [0.717, 1.165) is 16.7 Å². The second-order valence-electron chi connectivity index (χ2n) is 3.65. The van der Waals surface area contributed by atoms with Crippen molar-refractivity contribution in [3.8, 4) is 0 Å². The maximum Gasteiger partial charge on any atom is 0.332 e. The van der Waals surface area contributed by atoms with Gasteiger partial charge in [0.05, 0.1) is 0 Å². The number of hydrogen-bond donors (Lipinski definition) is 1. The largest absolute Gasteiger partial charge is 0.478 e. The van der Waals surface area contributed by atoms with Gasteiger partial charge in [0.25, 0.3) is 0 Å². The summed E-state index contributed by atoms with van der Waals surface area (Å²) >= 11 is 0. The van der Waals surface area contributed by atoms with E-state index in [2.05, 4.69) is 0 Å². The van der Waals surface area contributed by atoms with Gasteiger partial charge in [-0.15, -0.1) is 0 Å². The molecule has 2 heteroatoms. The van der Waals surface area contributed by atoms with E-state index in [9.17, 15) is 4.79 Å². The Morgan fingerprint density at radius 3 is 2.57 bits per heavy atom. The van der Waals surface area contributed by atoms with Gasteiger partial charge in [-0.3, -0.25) is 0 Å². The van der Waals surface area contributed by atoms with Gasteiger partial charge in [0.2, 0.25) is 0 Å². The lowest BCUT2D eigenvalue weighted by Crippen LogP contribution is -2.05. The third-order valence-electron chi connectivity index (χ3n) is 2.90. The van der Waals surface area contributed by atoms with Crippen LogP contribution in [0.2, 0.25) is 0 Å². The summed E-state index contributed by atoms with van der Waals surface area (Å²) in [5.74, 6) is -0.782. The van der Waals surface area contributed by atoms with E-state index in [-0.39, 0.29) is 5.92 Å². The molecule has 1 aromatic carbocycles. The van der Waals surface area contributed by atoms with Crippen LogP contribution in [0, 0.1) is 0 Å². The van der Waals surface area contributed by atoms with Gasteiger partial charge >= 0.3 is 5.97 Å². The minimum absolute atomic E-state index is 0.0173. The molecule has 1 aliphatic carbocycles. The summed E-state index contributed by atoms with van der Waals surface area (Å²) in [6.45, 7) is 3.82. The van der Waals surface area contributed by atoms with Crippen LogP contribution < -0.4 is 0 Å². The first-order chi connectivity index (χ1) is 6.63. The Balaban J connectivity index is 2.62. The molecule has 2 nitrogen and oxygen atoms in total. The zero-order chi connectivity index (χ0) is 10.3. The Morgan fingerprint density at radius 1 is 1.36 bits per heavy atom. The molecule has 72 valence electrons. The number of rotatable bonds is 1. The lowest BCUT2D eigenvalue weighted by molar-refractivity contribution is -0.132. The first kappa shape index (κ1) is 9.00. The van der Waals surface area contributed by atoms with Crippen LogP contribution in [0.5, 0.6) is 0 Å². The summed E-state index contributed by atoms with van der Waals surface area (Å²) in [4.78, 5) is 11.0. The van der Waals surface area contributed by atoms with Crippen LogP contribution in [0.15, 0.2) is 29.8 Å². The molecule has 0 heterocycles. The van der Waals surface area contributed by atoms with Crippen LogP contribution in [0.4, 0.5) is 0 Å². The van der Waals surface area contributed by atoms with Gasteiger partial charge < -0.3 is 5.11 Å². The standard InChI is InChI=1S/C12H12O2/c1-7-9-5-3-4-6-10(9)8(2)11(7)12(13)14/h3-7H,1-2H3,(H,13,14). The molecule has 0 fully saturated rings. The molecule has 0 radical (unpaired) electrons. The molecule has 0 amide bonds. The number of carboxylic acids is 1. The van der Waals surface area contributed by atoms with Crippen molar-refractivity contribution in [2.75, 3.05) is 0 Å². The van der Waals surface area contributed by atoms with Gasteiger partial charge in [-0.05, 0) is 23.6 Å². The van der Waals surface area contributed by atoms with E-state index in [1.165, 1.54) is 0 Å². The highest BCUT2D eigenvalue weighted by Crippen LogP contribution is 2.41. The Hall–Kier alpha value is -1.57. The molecular weight excluding hydrogens is 176 g/mol. The zero-order valence-corrected chi connectivity index (χ0v) is 8.24. The summed E-state index contributed by atoms with van der Waals surface area (Å²) in [6, 6.07) is 7.88. The monoisotopic (exact) mass is 188 g/mol. The number of allylic oxidation sites excluding steroid dienone is 1. The fourth-order valence-electron chi connectivity index (χ4n) is 2.19. The van der Waals surface area contributed by atoms with E-state index in [0.29, 0.717) is 5.57 Å². The third kappa shape index (κ3) is 1.07. The van der Waals surface area contributed by atoms with Crippen molar-refractivity contribution in [2.45, 2.75) is 19.8 Å². The van der Waals surface area contributed by atoms with Gasteiger partial charge in [-0.1, -0.05) is 31.2 Å². The van der Waals surface area contributed by atoms with Crippen LogP contribution in [0.3, 0.4) is 0 Å². The lowest BCUT2D eigenvalue weighted by Gasteiger charge is -2.06. The fourth-order valence-corrected chi connectivity index (χ4v) is 2.19. The summed E-state index contributed by atoms with van der Waals surface area (Å²) < 4.78 is 0. The van der Waals surface area contributed by atoms with Crippen molar-refractivity contribution in [1.82, 2.24) is 0 Å². The minimum Gasteiger partial charge on any atom is -0.478 e. The number of carboxylic acid groups (broad SMARTS) is 1. The number of benzene rings is 1. The Labute approximate surface area is 82.9 Å². The van der Waals surface area contributed by atoms with E-state index >= 15 is 0 Å². The maximum atomic E-state index is 11.0. The van der Waals surface area contributed by atoms with E-state index in [4.69, 9.17) is 5.11 Å². The highest BCUT2D eigenvalue weighted by atomic mass is 16.4. The third-order valence-corrected chi connectivity index (χ3v) is 2.90. The summed E-state index contributed by atoms with van der Waals surface area (Å²) in [7, 11) is 0. The molecule has 0 aromatic heterocycles. The molecule has 0 saturated carbocycles. The number of aliphatic carboxylic acids is 1. The normalized spacial score (nSPS) is 19.7. The second-order valence-corrected chi connectivity index (χ2v) is 3.65. The van der Waals surface area contributed by atoms with Crippen molar-refractivity contribution in [2.24, 2.45) is 0 Å². The van der Waals surface area contributed by atoms with Crippen molar-refractivity contribution >= 4 is 11.5 Å². The highest BCUT2D eigenvalue weighted by Gasteiger charge is 2.29. The van der Waals surface area contributed by atoms with Crippen molar-refractivity contribution < 1.29 is 9.90 Å². The topological polar surface area (TPSA) is 37.3 Å². The first-order valence-corrected chi connectivity index (χ1v) is 4.66. The SMILES string of the molecule is CC1=C(C(=O)O)C(C)c2ccccc21. The number of fused-ring (bicyclic) bond motifs is 1.